The molecule has 2 rings (SSSR count). The summed E-state index contributed by atoms with van der Waals surface area (Å²) in [7, 11) is -11.2. The van der Waals surface area contributed by atoms with Crippen LogP contribution in [0.3, 0.4) is 0 Å². The second-order valence-electron chi connectivity index (χ2n) is 15.9. The van der Waals surface area contributed by atoms with E-state index in [-0.39, 0.29) is 33.0 Å². The van der Waals surface area contributed by atoms with Gasteiger partial charge in [-0.15, -0.1) is 0 Å². The van der Waals surface area contributed by atoms with Crippen molar-refractivity contribution in [3.8, 4) is 0 Å². The molecule has 1 heterocycles. The van der Waals surface area contributed by atoms with E-state index in [9.17, 15) is 9.79 Å². The van der Waals surface area contributed by atoms with Crippen molar-refractivity contribution < 1.29 is 27.8 Å². The van der Waals surface area contributed by atoms with Crippen molar-refractivity contribution in [1.29, 1.82) is 0 Å². The molecule has 0 aromatic heterocycles. The molecule has 0 saturated carbocycles. The van der Waals surface area contributed by atoms with Crippen molar-refractivity contribution in [3.63, 3.8) is 0 Å². The molecule has 40 heavy (non-hydrogen) atoms. The van der Waals surface area contributed by atoms with Crippen LogP contribution in [-0.4, -0.2) is 63.7 Å². The zero-order valence-electron chi connectivity index (χ0n) is 28.9. The fourth-order valence-corrected chi connectivity index (χ4v) is 8.77. The summed E-state index contributed by atoms with van der Waals surface area (Å²) in [4.78, 5) is 0.0638. The maximum atomic E-state index is 14.1. The highest BCUT2D eigenvalue weighted by atomic mass is 32.2. The SMILES string of the molecule is [2H][C@@]1(S(=O)(=O)c2ccccc2)C[C@@H](O[Si](C)(C)C(C)(C)C)[C@H](O[Si](C)(C)C(C)(C)C)[C@@H](CO[Si](C)(C)C(C)(C)C)O1. The first-order chi connectivity index (χ1) is 18.1. The Labute approximate surface area is 250 Å². The summed E-state index contributed by atoms with van der Waals surface area (Å²) >= 11 is 0. The highest BCUT2D eigenvalue weighted by Gasteiger charge is 2.52. The van der Waals surface area contributed by atoms with Gasteiger partial charge in [-0.05, 0) is 66.5 Å². The van der Waals surface area contributed by atoms with Crippen LogP contribution in [0.4, 0.5) is 0 Å². The number of hydrogen-bond acceptors (Lipinski definition) is 6. The molecule has 232 valence electrons. The van der Waals surface area contributed by atoms with E-state index in [4.69, 9.17) is 18.0 Å². The average Bonchev–Trinajstić information content (AvgIpc) is 2.77. The number of sulfone groups is 1. The monoisotopic (exact) mass is 631 g/mol. The van der Waals surface area contributed by atoms with E-state index >= 15 is 0 Å². The standard InChI is InChI=1S/C30H58O6SSi3/c1-28(2,3)38(10,11)33-22-25-27(36-40(14,15)30(7,8)9)24(35-39(12,13)29(4,5)6)21-26(34-25)37(31,32)23-19-17-16-18-20-23/h16-20,24-27H,21-22H2,1-15H3/t24-,25-,26-,27+/m1/s1/i26D. The van der Waals surface area contributed by atoms with Gasteiger partial charge in [0.2, 0.25) is 9.84 Å². The summed E-state index contributed by atoms with van der Waals surface area (Å²) in [6.07, 6.45) is -2.16. The normalized spacial score (nSPS) is 26.5. The molecule has 6 nitrogen and oxygen atoms in total. The Kier molecular flexibility index (Phi) is 10.2. The van der Waals surface area contributed by atoms with Gasteiger partial charge < -0.3 is 18.0 Å². The molecule has 0 bridgehead atoms. The Morgan fingerprint density at radius 1 is 0.800 bits per heavy atom. The molecule has 1 aromatic rings. The topological polar surface area (TPSA) is 71.1 Å². The first-order valence-corrected chi connectivity index (χ1v) is 24.8. The number of rotatable bonds is 9. The van der Waals surface area contributed by atoms with Crippen LogP contribution >= 0.6 is 0 Å². The Morgan fingerprint density at radius 2 is 1.25 bits per heavy atom. The van der Waals surface area contributed by atoms with Gasteiger partial charge in [0.05, 0.1) is 25.1 Å². The molecule has 1 aromatic carbocycles. The molecule has 0 aliphatic carbocycles. The molecular formula is C30H58O6SSi3. The molecule has 0 unspecified atom stereocenters. The van der Waals surface area contributed by atoms with Crippen LogP contribution in [-0.2, 0) is 27.9 Å². The average molecular weight is 632 g/mol. The molecular weight excluding hydrogens is 573 g/mol. The fourth-order valence-electron chi connectivity index (χ4n) is 3.68. The zero-order chi connectivity index (χ0) is 32.1. The number of ether oxygens (including phenoxy) is 1. The first kappa shape index (κ1) is 34.2. The van der Waals surface area contributed by atoms with Crippen molar-refractivity contribution in [1.82, 2.24) is 0 Å². The summed E-state index contributed by atoms with van der Waals surface area (Å²) in [5.41, 5.74) is -2.25. The molecule has 1 fully saturated rings. The molecule has 1 saturated heterocycles. The van der Waals surface area contributed by atoms with Gasteiger partial charge in [0.25, 0.3) is 0 Å². The largest absolute Gasteiger partial charge is 0.414 e. The van der Waals surface area contributed by atoms with Crippen LogP contribution < -0.4 is 0 Å². The van der Waals surface area contributed by atoms with Crippen molar-refractivity contribution in [2.75, 3.05) is 6.61 Å². The number of hydrogen-bond donors (Lipinski definition) is 0. The quantitative estimate of drug-likeness (QED) is 0.255. The van der Waals surface area contributed by atoms with Crippen molar-refractivity contribution in [3.05, 3.63) is 30.3 Å². The molecule has 1 aliphatic heterocycles. The van der Waals surface area contributed by atoms with E-state index in [0.717, 1.165) is 0 Å². The minimum absolute atomic E-state index is 0.0529. The molecule has 1 aliphatic rings. The van der Waals surface area contributed by atoms with Gasteiger partial charge in [-0.2, -0.15) is 0 Å². The Bertz CT molecular complexity index is 1140. The number of benzene rings is 1. The first-order valence-electron chi connectivity index (χ1n) is 15.1. The highest BCUT2D eigenvalue weighted by Crippen LogP contribution is 2.44. The van der Waals surface area contributed by atoms with Gasteiger partial charge >= 0.3 is 0 Å². The zero-order valence-corrected chi connectivity index (χ0v) is 31.7. The lowest BCUT2D eigenvalue weighted by Crippen LogP contribution is -2.61. The third-order valence-corrected chi connectivity index (χ3v) is 24.9. The summed E-state index contributed by atoms with van der Waals surface area (Å²) < 4.78 is 64.6. The molecule has 0 radical (unpaired) electrons. The van der Waals surface area contributed by atoms with E-state index in [0.29, 0.717) is 0 Å². The minimum atomic E-state index is -4.20. The predicted octanol–water partition coefficient (Wildman–Crippen LogP) is 8.38. The second kappa shape index (κ2) is 12.0. The van der Waals surface area contributed by atoms with Gasteiger partial charge in [-0.1, -0.05) is 80.5 Å². The van der Waals surface area contributed by atoms with Crippen molar-refractivity contribution in [2.24, 2.45) is 0 Å². The van der Waals surface area contributed by atoms with E-state index in [1.807, 2.05) is 0 Å². The van der Waals surface area contributed by atoms with Gasteiger partial charge in [0, 0.05) is 6.42 Å². The summed E-state index contributed by atoms with van der Waals surface area (Å²) in [6, 6.07) is 8.16. The van der Waals surface area contributed by atoms with Gasteiger partial charge in [0.15, 0.2) is 30.4 Å². The van der Waals surface area contributed by atoms with Crippen LogP contribution in [0.5, 0.6) is 0 Å². The fraction of sp³-hybridized carbons (Fsp3) is 0.800. The Balaban J connectivity index is 2.72. The van der Waals surface area contributed by atoms with E-state index < -0.39 is 58.5 Å². The van der Waals surface area contributed by atoms with Crippen LogP contribution in [0.25, 0.3) is 0 Å². The molecule has 10 heteroatoms. The summed E-state index contributed by atoms with van der Waals surface area (Å²) in [5, 5.41) is -0.267. The molecule has 4 atom stereocenters. The minimum Gasteiger partial charge on any atom is -0.414 e. The Hall–Kier alpha value is -0.339. The third kappa shape index (κ3) is 8.18. The maximum absolute atomic E-state index is 14.1. The highest BCUT2D eigenvalue weighted by molar-refractivity contribution is 7.92. The smallest absolute Gasteiger partial charge is 0.205 e. The van der Waals surface area contributed by atoms with Gasteiger partial charge in [-0.25, -0.2) is 8.42 Å². The molecule has 0 spiro atoms. The Morgan fingerprint density at radius 3 is 1.70 bits per heavy atom. The van der Waals surface area contributed by atoms with E-state index in [1.54, 1.807) is 18.2 Å². The van der Waals surface area contributed by atoms with Gasteiger partial charge in [0.1, 0.15) is 6.10 Å². The maximum Gasteiger partial charge on any atom is 0.205 e. The van der Waals surface area contributed by atoms with Crippen molar-refractivity contribution in [2.45, 2.75) is 152 Å². The third-order valence-electron chi connectivity index (χ3n) is 9.64. The van der Waals surface area contributed by atoms with Crippen molar-refractivity contribution >= 4 is 34.8 Å². The molecule has 0 N–H and O–H groups in total. The van der Waals surface area contributed by atoms with Crippen LogP contribution in [0.2, 0.25) is 54.4 Å². The summed E-state index contributed by atoms with van der Waals surface area (Å²) in [5.74, 6) is 0. The lowest BCUT2D eigenvalue weighted by Gasteiger charge is -2.50. The van der Waals surface area contributed by atoms with Gasteiger partial charge in [-0.3, -0.25) is 0 Å². The van der Waals surface area contributed by atoms with E-state index in [1.165, 1.54) is 12.1 Å². The molecule has 0 amide bonds. The lowest BCUT2D eigenvalue weighted by atomic mass is 10.0. The van der Waals surface area contributed by atoms with Crippen LogP contribution in [0.1, 0.15) is 70.1 Å². The second-order valence-corrected chi connectivity index (χ2v) is 32.1. The van der Waals surface area contributed by atoms with Crippen LogP contribution in [0.15, 0.2) is 35.2 Å². The van der Waals surface area contributed by atoms with Crippen LogP contribution in [0, 0.1) is 0 Å². The van der Waals surface area contributed by atoms with E-state index in [2.05, 4.69) is 102 Å². The lowest BCUT2D eigenvalue weighted by molar-refractivity contribution is -0.147. The summed E-state index contributed by atoms with van der Waals surface area (Å²) in [6.45, 7) is 32.7. The predicted molar refractivity (Wildman–Crippen MR) is 174 cm³/mol.